The molecule has 0 aliphatic heterocycles. The monoisotopic (exact) mass is 261 g/mol. The third-order valence-corrected chi connectivity index (χ3v) is 2.95. The van der Waals surface area contributed by atoms with Crippen molar-refractivity contribution in [1.82, 2.24) is 4.98 Å². The van der Waals surface area contributed by atoms with Crippen molar-refractivity contribution in [3.05, 3.63) is 35.7 Å². The predicted octanol–water partition coefficient (Wildman–Crippen LogP) is 2.68. The Labute approximate surface area is 108 Å². The Morgan fingerprint density at radius 1 is 1.39 bits per heavy atom. The van der Waals surface area contributed by atoms with Gasteiger partial charge in [0.05, 0.1) is 5.69 Å². The molecule has 0 saturated heterocycles. The van der Waals surface area contributed by atoms with Gasteiger partial charge in [-0.3, -0.25) is 5.43 Å². The Kier molecular flexibility index (Phi) is 3.69. The lowest BCUT2D eigenvalue weighted by Gasteiger charge is -1.96. The molecule has 0 unspecified atom stereocenters. The topological polar surface area (TPSA) is 74.6 Å². The summed E-state index contributed by atoms with van der Waals surface area (Å²) in [6, 6.07) is 9.74. The predicted molar refractivity (Wildman–Crippen MR) is 71.9 cm³/mol. The third kappa shape index (κ3) is 2.92. The van der Waals surface area contributed by atoms with Crippen molar-refractivity contribution in [1.29, 1.82) is 0 Å². The minimum Gasteiger partial charge on any atom is -0.477 e. The van der Waals surface area contributed by atoms with E-state index in [0.717, 1.165) is 11.3 Å². The molecule has 5 nitrogen and oxygen atoms in total. The van der Waals surface area contributed by atoms with Gasteiger partial charge in [-0.1, -0.05) is 30.3 Å². The standard InChI is InChI=1S/C12H11N3O2S/c1-8(11(16)17)14-15-12-13-10(7-18-12)9-5-3-2-4-6-9/h2-7H,1H3,(H,13,15)(H,16,17)/b14-8+. The summed E-state index contributed by atoms with van der Waals surface area (Å²) < 4.78 is 0. The summed E-state index contributed by atoms with van der Waals surface area (Å²) >= 11 is 1.38. The zero-order valence-corrected chi connectivity index (χ0v) is 10.4. The van der Waals surface area contributed by atoms with Crippen molar-refractivity contribution in [3.8, 4) is 11.3 Å². The maximum absolute atomic E-state index is 10.6. The summed E-state index contributed by atoms with van der Waals surface area (Å²) in [4.78, 5) is 14.9. The highest BCUT2D eigenvalue weighted by molar-refractivity contribution is 7.14. The van der Waals surface area contributed by atoms with E-state index < -0.39 is 5.97 Å². The van der Waals surface area contributed by atoms with Gasteiger partial charge < -0.3 is 5.11 Å². The Bertz CT molecular complexity index is 578. The maximum atomic E-state index is 10.6. The number of rotatable bonds is 4. The van der Waals surface area contributed by atoms with Crippen LogP contribution in [0, 0.1) is 0 Å². The lowest BCUT2D eigenvalue weighted by Crippen LogP contribution is -2.10. The molecule has 1 aromatic carbocycles. The molecule has 92 valence electrons. The van der Waals surface area contributed by atoms with Crippen LogP contribution in [0.15, 0.2) is 40.8 Å². The second-order valence-electron chi connectivity index (χ2n) is 3.52. The highest BCUT2D eigenvalue weighted by Crippen LogP contribution is 2.24. The number of benzene rings is 1. The van der Waals surface area contributed by atoms with Gasteiger partial charge in [0.15, 0.2) is 0 Å². The van der Waals surface area contributed by atoms with E-state index in [0.29, 0.717) is 5.13 Å². The molecule has 0 saturated carbocycles. The first-order chi connectivity index (χ1) is 8.66. The molecule has 2 aromatic rings. The molecule has 2 N–H and O–H groups in total. The fraction of sp³-hybridized carbons (Fsp3) is 0.0833. The van der Waals surface area contributed by atoms with E-state index in [4.69, 9.17) is 5.11 Å². The van der Waals surface area contributed by atoms with Crippen LogP contribution in [0.1, 0.15) is 6.92 Å². The second kappa shape index (κ2) is 5.42. The largest absolute Gasteiger partial charge is 0.477 e. The van der Waals surface area contributed by atoms with Crippen molar-refractivity contribution in [3.63, 3.8) is 0 Å². The van der Waals surface area contributed by atoms with E-state index in [1.807, 2.05) is 35.7 Å². The molecule has 0 atom stereocenters. The van der Waals surface area contributed by atoms with Crippen molar-refractivity contribution < 1.29 is 9.90 Å². The summed E-state index contributed by atoms with van der Waals surface area (Å²) in [6.45, 7) is 1.42. The van der Waals surface area contributed by atoms with E-state index in [9.17, 15) is 4.79 Å². The van der Waals surface area contributed by atoms with Gasteiger partial charge >= 0.3 is 5.97 Å². The van der Waals surface area contributed by atoms with Crippen LogP contribution in [0.4, 0.5) is 5.13 Å². The van der Waals surface area contributed by atoms with Gasteiger partial charge in [-0.2, -0.15) is 5.10 Å². The van der Waals surface area contributed by atoms with Crippen LogP contribution < -0.4 is 5.43 Å². The summed E-state index contributed by atoms with van der Waals surface area (Å²) in [5.74, 6) is -1.05. The average molecular weight is 261 g/mol. The zero-order chi connectivity index (χ0) is 13.0. The molecule has 0 fully saturated rings. The van der Waals surface area contributed by atoms with Crippen LogP contribution in [0.3, 0.4) is 0 Å². The number of aliphatic carboxylic acids is 1. The molecule has 0 bridgehead atoms. The van der Waals surface area contributed by atoms with E-state index in [1.54, 1.807) is 0 Å². The molecule has 0 aliphatic rings. The molecule has 0 spiro atoms. The SMILES string of the molecule is C/C(=N\Nc1nc(-c2ccccc2)cs1)C(=O)O. The van der Waals surface area contributed by atoms with Gasteiger partial charge in [0, 0.05) is 10.9 Å². The zero-order valence-electron chi connectivity index (χ0n) is 9.62. The highest BCUT2D eigenvalue weighted by Gasteiger charge is 2.05. The van der Waals surface area contributed by atoms with E-state index >= 15 is 0 Å². The molecule has 18 heavy (non-hydrogen) atoms. The van der Waals surface area contributed by atoms with E-state index in [-0.39, 0.29) is 5.71 Å². The Balaban J connectivity index is 2.12. The van der Waals surface area contributed by atoms with Crippen LogP contribution in [0.5, 0.6) is 0 Å². The molecule has 0 radical (unpaired) electrons. The van der Waals surface area contributed by atoms with Gasteiger partial charge in [0.25, 0.3) is 0 Å². The van der Waals surface area contributed by atoms with Gasteiger partial charge in [-0.15, -0.1) is 11.3 Å². The number of nitrogens with one attached hydrogen (secondary N) is 1. The van der Waals surface area contributed by atoms with Crippen LogP contribution in [-0.2, 0) is 4.79 Å². The van der Waals surface area contributed by atoms with Crippen molar-refractivity contribution >= 4 is 28.1 Å². The van der Waals surface area contributed by atoms with Crippen LogP contribution in [0.2, 0.25) is 0 Å². The second-order valence-corrected chi connectivity index (χ2v) is 4.38. The maximum Gasteiger partial charge on any atom is 0.351 e. The minimum atomic E-state index is -1.05. The molecule has 0 amide bonds. The van der Waals surface area contributed by atoms with Crippen LogP contribution >= 0.6 is 11.3 Å². The van der Waals surface area contributed by atoms with Crippen LogP contribution in [0.25, 0.3) is 11.3 Å². The van der Waals surface area contributed by atoms with Gasteiger partial charge in [0.2, 0.25) is 5.13 Å². The van der Waals surface area contributed by atoms with Crippen LogP contribution in [-0.4, -0.2) is 21.8 Å². The molecular formula is C12H11N3O2S. The molecule has 6 heteroatoms. The number of thiazole rings is 1. The van der Waals surface area contributed by atoms with E-state index in [2.05, 4.69) is 15.5 Å². The lowest BCUT2D eigenvalue weighted by molar-refractivity contribution is -0.129. The molecule has 2 rings (SSSR count). The van der Waals surface area contributed by atoms with Gasteiger partial charge in [-0.25, -0.2) is 9.78 Å². The summed E-state index contributed by atoms with van der Waals surface area (Å²) in [6.07, 6.45) is 0. The molecular weight excluding hydrogens is 250 g/mol. The van der Waals surface area contributed by atoms with Gasteiger partial charge in [-0.05, 0) is 6.92 Å². The first-order valence-electron chi connectivity index (χ1n) is 5.21. The van der Waals surface area contributed by atoms with E-state index in [1.165, 1.54) is 18.3 Å². The number of nitrogens with zero attached hydrogens (tertiary/aromatic N) is 2. The number of hydrogen-bond donors (Lipinski definition) is 2. The summed E-state index contributed by atoms with van der Waals surface area (Å²) in [5, 5.41) is 14.8. The normalized spacial score (nSPS) is 11.3. The smallest absolute Gasteiger partial charge is 0.351 e. The number of aromatic nitrogens is 1. The van der Waals surface area contributed by atoms with Crippen molar-refractivity contribution in [2.45, 2.75) is 6.92 Å². The highest BCUT2D eigenvalue weighted by atomic mass is 32.1. The lowest BCUT2D eigenvalue weighted by atomic mass is 10.2. The number of anilines is 1. The summed E-state index contributed by atoms with van der Waals surface area (Å²) in [7, 11) is 0. The first kappa shape index (κ1) is 12.3. The first-order valence-corrected chi connectivity index (χ1v) is 6.09. The number of carboxylic acids is 1. The Hall–Kier alpha value is -2.21. The number of carbonyl (C=O) groups is 1. The quantitative estimate of drug-likeness (QED) is 0.655. The average Bonchev–Trinajstić information content (AvgIpc) is 2.85. The molecule has 0 aliphatic carbocycles. The fourth-order valence-corrected chi connectivity index (χ4v) is 1.91. The number of hydrogen-bond acceptors (Lipinski definition) is 5. The minimum absolute atomic E-state index is 0.00791. The fourth-order valence-electron chi connectivity index (χ4n) is 1.25. The Morgan fingerprint density at radius 2 is 2.11 bits per heavy atom. The summed E-state index contributed by atoms with van der Waals surface area (Å²) in [5.41, 5.74) is 4.48. The third-order valence-electron chi connectivity index (χ3n) is 2.20. The number of hydrazone groups is 1. The van der Waals surface area contributed by atoms with Crippen molar-refractivity contribution in [2.75, 3.05) is 5.43 Å². The van der Waals surface area contributed by atoms with Crippen molar-refractivity contribution in [2.24, 2.45) is 5.10 Å². The molecule has 1 aromatic heterocycles. The molecule has 1 heterocycles. The Morgan fingerprint density at radius 3 is 2.78 bits per heavy atom. The number of carboxylic acid groups (broad SMARTS) is 1. The van der Waals surface area contributed by atoms with Gasteiger partial charge in [0.1, 0.15) is 5.71 Å².